The largest absolute Gasteiger partial charge is 0.496 e. The van der Waals surface area contributed by atoms with Crippen molar-refractivity contribution >= 4 is 11.8 Å². The molecule has 0 bridgehead atoms. The minimum absolute atomic E-state index is 0.246. The summed E-state index contributed by atoms with van der Waals surface area (Å²) < 4.78 is 31.2. The Kier molecular flexibility index (Phi) is 4.98. The summed E-state index contributed by atoms with van der Waals surface area (Å²) in [5, 5.41) is 0. The highest BCUT2D eigenvalue weighted by Gasteiger charge is 2.12. The van der Waals surface area contributed by atoms with Gasteiger partial charge < -0.3 is 10.5 Å². The van der Waals surface area contributed by atoms with Gasteiger partial charge in [-0.1, -0.05) is 18.2 Å². The van der Waals surface area contributed by atoms with Crippen molar-refractivity contribution in [2.45, 2.75) is 10.9 Å². The third-order valence-corrected chi connectivity index (χ3v) is 3.97. The number of thioether (sulfide) groups is 1. The Bertz CT molecular complexity index is 592. The van der Waals surface area contributed by atoms with E-state index in [0.29, 0.717) is 10.6 Å². The quantitative estimate of drug-likeness (QED) is 0.853. The molecular weight excluding hydrogens is 280 g/mol. The van der Waals surface area contributed by atoms with Crippen LogP contribution in [0.5, 0.6) is 5.75 Å². The highest BCUT2D eigenvalue weighted by atomic mass is 32.2. The second-order valence-corrected chi connectivity index (χ2v) is 5.33. The SMILES string of the molecule is COc1ccccc1C(N)CSc1ccc(F)c(F)c1. The maximum atomic E-state index is 13.1. The molecule has 0 aliphatic carbocycles. The van der Waals surface area contributed by atoms with Gasteiger partial charge in [-0.25, -0.2) is 8.78 Å². The zero-order valence-electron chi connectivity index (χ0n) is 11.0. The van der Waals surface area contributed by atoms with E-state index in [1.165, 1.54) is 23.9 Å². The Hall–Kier alpha value is -1.59. The van der Waals surface area contributed by atoms with Crippen LogP contribution in [0.2, 0.25) is 0 Å². The molecule has 0 amide bonds. The third kappa shape index (κ3) is 3.49. The van der Waals surface area contributed by atoms with Crippen molar-refractivity contribution in [3.63, 3.8) is 0 Å². The summed E-state index contributed by atoms with van der Waals surface area (Å²) in [4.78, 5) is 0.647. The molecule has 2 N–H and O–H groups in total. The fraction of sp³-hybridized carbons (Fsp3) is 0.200. The second-order valence-electron chi connectivity index (χ2n) is 4.24. The monoisotopic (exact) mass is 295 g/mol. The summed E-state index contributed by atoms with van der Waals surface area (Å²) in [7, 11) is 1.59. The van der Waals surface area contributed by atoms with Gasteiger partial charge in [-0.05, 0) is 24.3 Å². The van der Waals surface area contributed by atoms with Gasteiger partial charge >= 0.3 is 0 Å². The van der Waals surface area contributed by atoms with Crippen LogP contribution in [0.15, 0.2) is 47.4 Å². The standard InChI is InChI=1S/C15H15F2NOS/c1-19-15-5-3-2-4-11(15)14(18)9-20-10-6-7-12(16)13(17)8-10/h2-8,14H,9,18H2,1H3. The van der Waals surface area contributed by atoms with E-state index in [1.54, 1.807) is 7.11 Å². The van der Waals surface area contributed by atoms with Crippen LogP contribution in [0.25, 0.3) is 0 Å². The first-order valence-corrected chi connectivity index (χ1v) is 7.06. The molecule has 106 valence electrons. The topological polar surface area (TPSA) is 35.2 Å². The van der Waals surface area contributed by atoms with Crippen LogP contribution in [-0.4, -0.2) is 12.9 Å². The van der Waals surface area contributed by atoms with Gasteiger partial charge in [-0.3, -0.25) is 0 Å². The number of ether oxygens (including phenoxy) is 1. The number of methoxy groups -OCH3 is 1. The van der Waals surface area contributed by atoms with Gasteiger partial charge in [-0.2, -0.15) is 0 Å². The van der Waals surface area contributed by atoms with Crippen LogP contribution in [-0.2, 0) is 0 Å². The minimum Gasteiger partial charge on any atom is -0.496 e. The average Bonchev–Trinajstić information content (AvgIpc) is 2.48. The lowest BCUT2D eigenvalue weighted by atomic mass is 10.1. The molecule has 0 saturated carbocycles. The smallest absolute Gasteiger partial charge is 0.159 e. The highest BCUT2D eigenvalue weighted by Crippen LogP contribution is 2.29. The molecule has 0 fully saturated rings. The van der Waals surface area contributed by atoms with Gasteiger partial charge in [0.15, 0.2) is 11.6 Å². The van der Waals surface area contributed by atoms with Crippen molar-refractivity contribution in [1.82, 2.24) is 0 Å². The minimum atomic E-state index is -0.846. The van der Waals surface area contributed by atoms with Gasteiger partial charge in [0.05, 0.1) is 7.11 Å². The fourth-order valence-electron chi connectivity index (χ4n) is 1.82. The average molecular weight is 295 g/mol. The Labute approximate surface area is 120 Å². The first-order chi connectivity index (χ1) is 9.61. The van der Waals surface area contributed by atoms with Crippen molar-refractivity contribution < 1.29 is 13.5 Å². The van der Waals surface area contributed by atoms with Crippen LogP contribution in [0.1, 0.15) is 11.6 Å². The van der Waals surface area contributed by atoms with E-state index in [2.05, 4.69) is 0 Å². The van der Waals surface area contributed by atoms with Crippen molar-refractivity contribution in [3.05, 3.63) is 59.7 Å². The van der Waals surface area contributed by atoms with Crippen molar-refractivity contribution in [3.8, 4) is 5.75 Å². The number of hydrogen-bond acceptors (Lipinski definition) is 3. The van der Waals surface area contributed by atoms with E-state index in [1.807, 2.05) is 24.3 Å². The van der Waals surface area contributed by atoms with E-state index >= 15 is 0 Å². The highest BCUT2D eigenvalue weighted by molar-refractivity contribution is 7.99. The van der Waals surface area contributed by atoms with Crippen LogP contribution >= 0.6 is 11.8 Å². The van der Waals surface area contributed by atoms with Gasteiger partial charge in [0.2, 0.25) is 0 Å². The Morgan fingerprint density at radius 3 is 2.60 bits per heavy atom. The molecule has 0 heterocycles. The maximum Gasteiger partial charge on any atom is 0.159 e. The Morgan fingerprint density at radius 1 is 1.15 bits per heavy atom. The zero-order chi connectivity index (χ0) is 14.5. The van der Waals surface area contributed by atoms with E-state index < -0.39 is 11.6 Å². The molecule has 0 saturated heterocycles. The van der Waals surface area contributed by atoms with Crippen molar-refractivity contribution in [2.75, 3.05) is 12.9 Å². The van der Waals surface area contributed by atoms with Gasteiger partial charge in [0.1, 0.15) is 5.75 Å². The molecule has 0 aliphatic rings. The predicted octanol–water partition coefficient (Wildman–Crippen LogP) is 3.77. The van der Waals surface area contributed by atoms with Gasteiger partial charge in [0, 0.05) is 22.3 Å². The molecule has 2 nitrogen and oxygen atoms in total. The van der Waals surface area contributed by atoms with E-state index in [0.717, 1.165) is 17.4 Å². The molecular formula is C15H15F2NOS. The first kappa shape index (κ1) is 14.8. The summed E-state index contributed by atoms with van der Waals surface area (Å²) in [6.07, 6.45) is 0. The maximum absolute atomic E-state index is 13.1. The summed E-state index contributed by atoms with van der Waals surface area (Å²) in [5.74, 6) is -0.416. The summed E-state index contributed by atoms with van der Waals surface area (Å²) in [6, 6.07) is 11.1. The zero-order valence-corrected chi connectivity index (χ0v) is 11.8. The number of rotatable bonds is 5. The lowest BCUT2D eigenvalue weighted by molar-refractivity contribution is 0.407. The predicted molar refractivity (Wildman–Crippen MR) is 77.0 cm³/mol. The molecule has 1 atom stereocenters. The first-order valence-electron chi connectivity index (χ1n) is 6.08. The van der Waals surface area contributed by atoms with Crippen molar-refractivity contribution in [2.24, 2.45) is 5.73 Å². The third-order valence-electron chi connectivity index (χ3n) is 2.86. The molecule has 2 rings (SSSR count). The summed E-state index contributed by atoms with van der Waals surface area (Å²) >= 11 is 1.38. The number of benzene rings is 2. The van der Waals surface area contributed by atoms with Crippen molar-refractivity contribution in [1.29, 1.82) is 0 Å². The van der Waals surface area contributed by atoms with E-state index in [9.17, 15) is 8.78 Å². The number of halogens is 2. The normalized spacial score (nSPS) is 12.2. The Morgan fingerprint density at radius 2 is 1.90 bits per heavy atom. The molecule has 0 aromatic heterocycles. The molecule has 2 aromatic carbocycles. The molecule has 0 spiro atoms. The second kappa shape index (κ2) is 6.72. The van der Waals surface area contributed by atoms with Gasteiger partial charge in [-0.15, -0.1) is 11.8 Å². The Balaban J connectivity index is 2.04. The fourth-order valence-corrected chi connectivity index (χ4v) is 2.72. The summed E-state index contributed by atoms with van der Waals surface area (Å²) in [5.41, 5.74) is 7.01. The van der Waals surface area contributed by atoms with Crippen LogP contribution < -0.4 is 10.5 Å². The lowest BCUT2D eigenvalue weighted by Gasteiger charge is -2.15. The number of hydrogen-bond donors (Lipinski definition) is 1. The van der Waals surface area contributed by atoms with E-state index in [4.69, 9.17) is 10.5 Å². The lowest BCUT2D eigenvalue weighted by Crippen LogP contribution is -2.14. The number of para-hydroxylation sites is 1. The molecule has 20 heavy (non-hydrogen) atoms. The summed E-state index contributed by atoms with van der Waals surface area (Å²) in [6.45, 7) is 0. The van der Waals surface area contributed by atoms with Gasteiger partial charge in [0.25, 0.3) is 0 Å². The van der Waals surface area contributed by atoms with Crippen LogP contribution in [0, 0.1) is 11.6 Å². The molecule has 0 aliphatic heterocycles. The molecule has 0 radical (unpaired) electrons. The van der Waals surface area contributed by atoms with Crippen LogP contribution in [0.4, 0.5) is 8.78 Å². The molecule has 1 unspecified atom stereocenters. The molecule has 5 heteroatoms. The molecule has 2 aromatic rings. The number of nitrogens with two attached hydrogens (primary N) is 1. The van der Waals surface area contributed by atoms with E-state index in [-0.39, 0.29) is 6.04 Å². The van der Waals surface area contributed by atoms with Crippen LogP contribution in [0.3, 0.4) is 0 Å².